The topological polar surface area (TPSA) is 111 Å². The molecule has 5 rings (SSSR count). The molecular formula is C34H32F2N6O4. The van der Waals surface area contributed by atoms with Crippen LogP contribution in [0, 0.1) is 11.6 Å². The molecule has 0 radical (unpaired) electrons. The zero-order chi connectivity index (χ0) is 32.8. The van der Waals surface area contributed by atoms with Crippen molar-refractivity contribution in [1.82, 2.24) is 19.4 Å². The number of methoxy groups -OCH3 is 2. The van der Waals surface area contributed by atoms with Crippen LogP contribution in [0.4, 0.5) is 26.1 Å². The fourth-order valence-corrected chi connectivity index (χ4v) is 4.85. The number of aromatic nitrogens is 3. The Labute approximate surface area is 263 Å². The second-order valence-electron chi connectivity index (χ2n) is 10.6. The van der Waals surface area contributed by atoms with Crippen molar-refractivity contribution >= 4 is 34.1 Å². The van der Waals surface area contributed by atoms with E-state index in [0.717, 1.165) is 6.07 Å². The molecule has 0 fully saturated rings. The lowest BCUT2D eigenvalue weighted by Gasteiger charge is -2.17. The lowest BCUT2D eigenvalue weighted by molar-refractivity contribution is -0.111. The van der Waals surface area contributed by atoms with Crippen molar-refractivity contribution in [1.29, 1.82) is 0 Å². The highest BCUT2D eigenvalue weighted by Crippen LogP contribution is 2.37. The number of rotatable bonds is 11. The number of ether oxygens (including phenoxy) is 2. The Kier molecular flexibility index (Phi) is 9.67. The van der Waals surface area contributed by atoms with Crippen molar-refractivity contribution in [2.24, 2.45) is 0 Å². The Balaban J connectivity index is 1.63. The number of nitrogens with one attached hydrogen (secondary N) is 2. The summed E-state index contributed by atoms with van der Waals surface area (Å²) in [6, 6.07) is 16.5. The third-order valence-electron chi connectivity index (χ3n) is 7.02. The van der Waals surface area contributed by atoms with Crippen molar-refractivity contribution in [3.05, 3.63) is 113 Å². The summed E-state index contributed by atoms with van der Waals surface area (Å²) in [4.78, 5) is 37.3. The monoisotopic (exact) mass is 626 g/mol. The Morgan fingerprint density at radius 1 is 0.957 bits per heavy atom. The van der Waals surface area contributed by atoms with Crippen LogP contribution in [-0.2, 0) is 11.3 Å². The van der Waals surface area contributed by atoms with E-state index in [1.54, 1.807) is 54.7 Å². The van der Waals surface area contributed by atoms with E-state index in [4.69, 9.17) is 9.47 Å². The number of nitrogens with zero attached hydrogens (tertiary/aromatic N) is 4. The third-order valence-corrected chi connectivity index (χ3v) is 7.02. The van der Waals surface area contributed by atoms with Gasteiger partial charge in [-0.3, -0.25) is 9.59 Å². The summed E-state index contributed by atoms with van der Waals surface area (Å²) in [6.07, 6.45) is 6.32. The molecule has 0 saturated carbocycles. The number of hydrogen-bond donors (Lipinski definition) is 2. The van der Waals surface area contributed by atoms with E-state index in [0.29, 0.717) is 40.3 Å². The number of pyridine rings is 3. The van der Waals surface area contributed by atoms with Gasteiger partial charge in [0.15, 0.2) is 23.1 Å². The summed E-state index contributed by atoms with van der Waals surface area (Å²) in [7, 11) is 6.27. The van der Waals surface area contributed by atoms with E-state index in [1.807, 2.05) is 25.1 Å². The largest absolute Gasteiger partial charge is 0.494 e. The van der Waals surface area contributed by atoms with Crippen LogP contribution in [0.3, 0.4) is 0 Å². The molecule has 3 aromatic heterocycles. The average Bonchev–Trinajstić information content (AvgIpc) is 3.04. The molecule has 0 aliphatic rings. The van der Waals surface area contributed by atoms with Crippen LogP contribution < -0.4 is 25.7 Å². The molecule has 0 aliphatic heterocycles. The molecule has 5 aromatic rings. The number of hydrogen-bond acceptors (Lipinski definition) is 8. The molecule has 0 saturated heterocycles. The smallest absolute Gasteiger partial charge is 0.259 e. The maximum atomic E-state index is 15.6. The highest BCUT2D eigenvalue weighted by molar-refractivity contribution is 5.99. The molecule has 46 heavy (non-hydrogen) atoms. The standard InChI is InChI=1S/C34H32F2N6O4/c1-41(2)14-8-12-30(43)39-23-10-7-9-21(15-23)20-42-25-17-29(40-28-11-5-6-13-37-28)38-19-22(25)16-24(34(42)44)31-32(35)26(45-3)18-27(46-4)33(31)36/h5-13,15-19H,14,20H2,1-4H3,(H,39,43)(H,37,38,40)/b12-8+. The van der Waals surface area contributed by atoms with E-state index in [2.05, 4.69) is 20.6 Å². The van der Waals surface area contributed by atoms with E-state index >= 15 is 8.78 Å². The van der Waals surface area contributed by atoms with Gasteiger partial charge in [0.1, 0.15) is 11.6 Å². The minimum atomic E-state index is -1.04. The van der Waals surface area contributed by atoms with Crippen molar-refractivity contribution in [3.8, 4) is 22.6 Å². The van der Waals surface area contributed by atoms with Crippen LogP contribution >= 0.6 is 0 Å². The molecule has 0 aliphatic carbocycles. The Morgan fingerprint density at radius 3 is 2.39 bits per heavy atom. The van der Waals surface area contributed by atoms with Gasteiger partial charge in [-0.05, 0) is 50.0 Å². The highest BCUT2D eigenvalue weighted by atomic mass is 19.1. The molecule has 236 valence electrons. The van der Waals surface area contributed by atoms with Crippen LogP contribution in [0.1, 0.15) is 5.56 Å². The SMILES string of the molecule is COc1cc(OC)c(F)c(-c2cc3cnc(Nc4ccccn4)cc3n(Cc3cccc(NC(=O)/C=C/CN(C)C)c3)c2=O)c1F. The van der Waals surface area contributed by atoms with Crippen molar-refractivity contribution in [2.75, 3.05) is 45.5 Å². The first-order valence-corrected chi connectivity index (χ1v) is 14.2. The Hall–Kier alpha value is -5.62. The van der Waals surface area contributed by atoms with E-state index in [-0.39, 0.29) is 29.5 Å². The molecule has 10 nitrogen and oxygen atoms in total. The van der Waals surface area contributed by atoms with Crippen LogP contribution in [0.15, 0.2) is 90.0 Å². The maximum absolute atomic E-state index is 15.6. The number of fused-ring (bicyclic) bond motifs is 1. The minimum Gasteiger partial charge on any atom is -0.494 e. The summed E-state index contributed by atoms with van der Waals surface area (Å²) in [5, 5.41) is 6.37. The fourth-order valence-electron chi connectivity index (χ4n) is 4.85. The van der Waals surface area contributed by atoms with Crippen molar-refractivity contribution < 1.29 is 23.0 Å². The Morgan fingerprint density at radius 2 is 1.72 bits per heavy atom. The lowest BCUT2D eigenvalue weighted by Crippen LogP contribution is -2.24. The second kappa shape index (κ2) is 14.0. The van der Waals surface area contributed by atoms with Gasteiger partial charge < -0.3 is 29.6 Å². The number of likely N-dealkylation sites (N-methyl/N-ethyl adjacent to an activating group) is 1. The molecule has 0 atom stereocenters. The van der Waals surface area contributed by atoms with Crippen LogP contribution in [0.25, 0.3) is 22.0 Å². The molecular weight excluding hydrogens is 594 g/mol. The van der Waals surface area contributed by atoms with Gasteiger partial charge in [-0.25, -0.2) is 18.7 Å². The summed E-state index contributed by atoms with van der Waals surface area (Å²) >= 11 is 0. The number of carbonyl (C=O) groups excluding carboxylic acids is 1. The van der Waals surface area contributed by atoms with Gasteiger partial charge in [0.05, 0.1) is 37.4 Å². The molecule has 3 heterocycles. The zero-order valence-electron chi connectivity index (χ0n) is 25.7. The van der Waals surface area contributed by atoms with Crippen LogP contribution in [-0.4, -0.2) is 60.2 Å². The van der Waals surface area contributed by atoms with Gasteiger partial charge >= 0.3 is 0 Å². The van der Waals surface area contributed by atoms with E-state index in [9.17, 15) is 9.59 Å². The van der Waals surface area contributed by atoms with E-state index < -0.39 is 22.8 Å². The zero-order valence-corrected chi connectivity index (χ0v) is 25.7. The summed E-state index contributed by atoms with van der Waals surface area (Å²) in [6.45, 7) is 0.604. The van der Waals surface area contributed by atoms with Crippen LogP contribution in [0.5, 0.6) is 11.5 Å². The highest BCUT2D eigenvalue weighted by Gasteiger charge is 2.25. The number of amides is 1. The molecule has 0 bridgehead atoms. The van der Waals surface area contributed by atoms with Crippen molar-refractivity contribution in [2.45, 2.75) is 6.54 Å². The number of benzene rings is 2. The predicted octanol–water partition coefficient (Wildman–Crippen LogP) is 5.60. The molecule has 2 N–H and O–H groups in total. The quantitative estimate of drug-likeness (QED) is 0.182. The molecule has 1 amide bonds. The minimum absolute atomic E-state index is 0.000729. The fraction of sp³-hybridized carbons (Fsp3) is 0.176. The summed E-state index contributed by atoms with van der Waals surface area (Å²) < 4.78 is 42.9. The van der Waals surface area contributed by atoms with E-state index in [1.165, 1.54) is 37.1 Å². The second-order valence-corrected chi connectivity index (χ2v) is 10.6. The molecule has 12 heteroatoms. The molecule has 0 spiro atoms. The first-order chi connectivity index (χ1) is 22.2. The average molecular weight is 627 g/mol. The molecule has 0 unspecified atom stereocenters. The van der Waals surface area contributed by atoms with Crippen LogP contribution in [0.2, 0.25) is 0 Å². The van der Waals surface area contributed by atoms with Gasteiger partial charge in [-0.1, -0.05) is 24.3 Å². The maximum Gasteiger partial charge on any atom is 0.259 e. The normalized spacial score (nSPS) is 11.3. The lowest BCUT2D eigenvalue weighted by atomic mass is 10.0. The number of halogens is 2. The van der Waals surface area contributed by atoms with Gasteiger partial charge in [-0.2, -0.15) is 0 Å². The summed E-state index contributed by atoms with van der Waals surface area (Å²) in [5.41, 5.74) is 0.103. The third kappa shape index (κ3) is 7.02. The summed E-state index contributed by atoms with van der Waals surface area (Å²) in [5.74, 6) is -2.02. The Bertz CT molecular complexity index is 1950. The van der Waals surface area contributed by atoms with Gasteiger partial charge in [0.25, 0.3) is 5.56 Å². The van der Waals surface area contributed by atoms with Crippen molar-refractivity contribution in [3.63, 3.8) is 0 Å². The van der Waals surface area contributed by atoms with Gasteiger partial charge in [0.2, 0.25) is 5.91 Å². The van der Waals surface area contributed by atoms with Gasteiger partial charge in [0, 0.05) is 48.2 Å². The predicted molar refractivity (Wildman–Crippen MR) is 174 cm³/mol. The first kappa shape index (κ1) is 31.8. The van der Waals surface area contributed by atoms with Gasteiger partial charge in [-0.15, -0.1) is 0 Å². The number of anilines is 3. The molecule has 2 aromatic carbocycles. The number of carbonyl (C=O) groups is 1. The first-order valence-electron chi connectivity index (χ1n) is 14.2.